The third kappa shape index (κ3) is 4.97. The molecule has 0 spiro atoms. The monoisotopic (exact) mass is 340 g/mol. The number of carbonyl (C=O) groups is 1. The smallest absolute Gasteiger partial charge is 0.227 e. The lowest BCUT2D eigenvalue weighted by Gasteiger charge is -2.12. The number of pyridine rings is 1. The van der Waals surface area contributed by atoms with Crippen LogP contribution in [0.4, 0.5) is 0 Å². The first kappa shape index (κ1) is 16.8. The van der Waals surface area contributed by atoms with E-state index in [9.17, 15) is 4.79 Å². The summed E-state index contributed by atoms with van der Waals surface area (Å²) in [5.41, 5.74) is 0.648. The first-order valence-corrected chi connectivity index (χ1v) is 8.19. The van der Waals surface area contributed by atoms with Gasteiger partial charge in [-0.05, 0) is 24.1 Å². The van der Waals surface area contributed by atoms with Gasteiger partial charge in [-0.2, -0.15) is 10.1 Å². The molecule has 3 heterocycles. The molecule has 3 rings (SSSR count). The van der Waals surface area contributed by atoms with E-state index in [0.29, 0.717) is 42.7 Å². The number of hydrogen-bond acceptors (Lipinski definition) is 6. The third-order valence-corrected chi connectivity index (χ3v) is 3.63. The summed E-state index contributed by atoms with van der Waals surface area (Å²) in [6.45, 7) is 3.44. The van der Waals surface area contributed by atoms with Crippen molar-refractivity contribution in [3.8, 4) is 11.5 Å². The lowest BCUT2D eigenvalue weighted by molar-refractivity contribution is -0.121. The van der Waals surface area contributed by atoms with Gasteiger partial charge < -0.3 is 9.84 Å². The van der Waals surface area contributed by atoms with Gasteiger partial charge in [-0.15, -0.1) is 0 Å². The third-order valence-electron chi connectivity index (χ3n) is 3.63. The van der Waals surface area contributed by atoms with Gasteiger partial charge in [0.15, 0.2) is 0 Å². The molecule has 0 aliphatic heterocycles. The van der Waals surface area contributed by atoms with Crippen molar-refractivity contribution in [2.24, 2.45) is 5.92 Å². The van der Waals surface area contributed by atoms with Crippen molar-refractivity contribution >= 4 is 5.91 Å². The molecule has 0 unspecified atom stereocenters. The fourth-order valence-electron chi connectivity index (χ4n) is 2.34. The minimum atomic E-state index is -0.0371. The molecule has 3 aromatic heterocycles. The lowest BCUT2D eigenvalue weighted by Crippen LogP contribution is -2.30. The number of nitrogens with zero attached hydrogens (tertiary/aromatic N) is 5. The van der Waals surface area contributed by atoms with Gasteiger partial charge in [-0.25, -0.2) is 0 Å². The number of aryl methyl sites for hydroxylation is 1. The second kappa shape index (κ2) is 8.18. The number of carbonyl (C=O) groups excluding carboxylic acids is 1. The van der Waals surface area contributed by atoms with E-state index in [-0.39, 0.29) is 5.91 Å². The Morgan fingerprint density at radius 2 is 2.24 bits per heavy atom. The maximum Gasteiger partial charge on any atom is 0.227 e. The Morgan fingerprint density at radius 1 is 1.32 bits per heavy atom. The standard InChI is InChI=1S/C17H20N6O2/c1-13(12-23-10-4-9-20-23)11-19-15(24)6-7-16-21-17(22-25-16)14-5-2-3-8-18-14/h2-5,8-10,13H,6-7,11-12H2,1H3,(H,19,24)/t13-/m1/s1. The number of nitrogens with one attached hydrogen (secondary N) is 1. The zero-order chi connectivity index (χ0) is 17.5. The molecule has 0 saturated heterocycles. The number of rotatable bonds is 8. The fourth-order valence-corrected chi connectivity index (χ4v) is 2.34. The van der Waals surface area contributed by atoms with Gasteiger partial charge in [-0.1, -0.05) is 18.1 Å². The van der Waals surface area contributed by atoms with E-state index in [2.05, 4.69) is 32.5 Å². The van der Waals surface area contributed by atoms with Crippen LogP contribution in [-0.2, 0) is 17.8 Å². The van der Waals surface area contributed by atoms with E-state index in [0.717, 1.165) is 6.54 Å². The molecule has 1 amide bonds. The summed E-state index contributed by atoms with van der Waals surface area (Å²) in [4.78, 5) is 20.4. The van der Waals surface area contributed by atoms with Gasteiger partial charge in [0.1, 0.15) is 5.69 Å². The fraction of sp³-hybridized carbons (Fsp3) is 0.353. The zero-order valence-corrected chi connectivity index (χ0v) is 14.0. The molecule has 0 aliphatic carbocycles. The van der Waals surface area contributed by atoms with Crippen molar-refractivity contribution < 1.29 is 9.32 Å². The highest BCUT2D eigenvalue weighted by Crippen LogP contribution is 2.12. The van der Waals surface area contributed by atoms with Crippen molar-refractivity contribution in [1.82, 2.24) is 30.2 Å². The van der Waals surface area contributed by atoms with Crippen LogP contribution in [0.1, 0.15) is 19.2 Å². The zero-order valence-electron chi connectivity index (χ0n) is 14.0. The average molecular weight is 340 g/mol. The molecule has 0 saturated carbocycles. The molecule has 130 valence electrons. The molecular formula is C17H20N6O2. The Bertz CT molecular complexity index is 785. The predicted octanol–water partition coefficient (Wildman–Crippen LogP) is 1.71. The molecule has 8 nitrogen and oxygen atoms in total. The van der Waals surface area contributed by atoms with E-state index < -0.39 is 0 Å². The van der Waals surface area contributed by atoms with Gasteiger partial charge >= 0.3 is 0 Å². The first-order chi connectivity index (χ1) is 12.2. The summed E-state index contributed by atoms with van der Waals surface area (Å²) < 4.78 is 7.03. The molecule has 3 aromatic rings. The predicted molar refractivity (Wildman–Crippen MR) is 90.3 cm³/mol. The Labute approximate surface area is 145 Å². The topological polar surface area (TPSA) is 98.7 Å². The lowest BCUT2D eigenvalue weighted by atomic mass is 10.2. The molecule has 1 N–H and O–H groups in total. The molecule has 0 bridgehead atoms. The highest BCUT2D eigenvalue weighted by Gasteiger charge is 2.12. The summed E-state index contributed by atoms with van der Waals surface area (Å²) in [6, 6.07) is 7.37. The van der Waals surface area contributed by atoms with Gasteiger partial charge in [0.25, 0.3) is 0 Å². The Balaban J connectivity index is 1.41. The van der Waals surface area contributed by atoms with Gasteiger partial charge in [0.05, 0.1) is 0 Å². The Hall–Kier alpha value is -3.03. The molecule has 0 aliphatic rings. The first-order valence-electron chi connectivity index (χ1n) is 8.19. The molecule has 0 radical (unpaired) electrons. The summed E-state index contributed by atoms with van der Waals surface area (Å²) >= 11 is 0. The molecule has 0 aromatic carbocycles. The molecule has 0 fully saturated rings. The molecular weight excluding hydrogens is 320 g/mol. The minimum absolute atomic E-state index is 0.0371. The van der Waals surface area contributed by atoms with Crippen LogP contribution in [0, 0.1) is 5.92 Å². The maximum absolute atomic E-state index is 12.0. The van der Waals surface area contributed by atoms with Crippen LogP contribution in [0.25, 0.3) is 11.5 Å². The summed E-state index contributed by atoms with van der Waals surface area (Å²) in [5, 5.41) is 11.0. The molecule has 8 heteroatoms. The van der Waals surface area contributed by atoms with E-state index in [1.54, 1.807) is 12.4 Å². The second-order valence-electron chi connectivity index (χ2n) is 5.86. The van der Waals surface area contributed by atoms with Crippen molar-refractivity contribution in [2.45, 2.75) is 26.3 Å². The number of aromatic nitrogens is 5. The Kier molecular flexibility index (Phi) is 5.50. The normalized spacial score (nSPS) is 12.0. The van der Waals surface area contributed by atoms with Crippen molar-refractivity contribution in [3.63, 3.8) is 0 Å². The van der Waals surface area contributed by atoms with E-state index in [4.69, 9.17) is 4.52 Å². The van der Waals surface area contributed by atoms with Crippen LogP contribution in [-0.4, -0.2) is 37.4 Å². The Morgan fingerprint density at radius 3 is 3.00 bits per heavy atom. The van der Waals surface area contributed by atoms with Crippen molar-refractivity contribution in [1.29, 1.82) is 0 Å². The maximum atomic E-state index is 12.0. The second-order valence-corrected chi connectivity index (χ2v) is 5.86. The molecule has 1 atom stereocenters. The van der Waals surface area contributed by atoms with Gasteiger partial charge in [0, 0.05) is 44.5 Å². The van der Waals surface area contributed by atoms with Crippen LogP contribution in [0.5, 0.6) is 0 Å². The van der Waals surface area contributed by atoms with Gasteiger partial charge in [-0.3, -0.25) is 14.5 Å². The summed E-state index contributed by atoms with van der Waals surface area (Å²) in [6.07, 6.45) is 6.03. The molecule has 25 heavy (non-hydrogen) atoms. The van der Waals surface area contributed by atoms with Crippen LogP contribution in [0.3, 0.4) is 0 Å². The number of amides is 1. The van der Waals surface area contributed by atoms with Crippen LogP contribution >= 0.6 is 0 Å². The highest BCUT2D eigenvalue weighted by atomic mass is 16.5. The summed E-state index contributed by atoms with van der Waals surface area (Å²) in [7, 11) is 0. The number of hydrogen-bond donors (Lipinski definition) is 1. The highest BCUT2D eigenvalue weighted by molar-refractivity contribution is 5.76. The SMILES string of the molecule is C[C@H](CNC(=O)CCc1nc(-c2ccccn2)no1)Cn1cccn1. The van der Waals surface area contributed by atoms with Crippen LogP contribution < -0.4 is 5.32 Å². The van der Waals surface area contributed by atoms with Crippen molar-refractivity contribution in [3.05, 3.63) is 48.7 Å². The average Bonchev–Trinajstić information content (AvgIpc) is 3.31. The van der Waals surface area contributed by atoms with E-state index >= 15 is 0 Å². The van der Waals surface area contributed by atoms with Crippen molar-refractivity contribution in [2.75, 3.05) is 6.54 Å². The summed E-state index contributed by atoms with van der Waals surface area (Å²) in [5.74, 6) is 1.12. The minimum Gasteiger partial charge on any atom is -0.356 e. The van der Waals surface area contributed by atoms with E-state index in [1.165, 1.54) is 0 Å². The van der Waals surface area contributed by atoms with Crippen LogP contribution in [0.15, 0.2) is 47.4 Å². The largest absolute Gasteiger partial charge is 0.356 e. The van der Waals surface area contributed by atoms with Crippen LogP contribution in [0.2, 0.25) is 0 Å². The van der Waals surface area contributed by atoms with Gasteiger partial charge in [0.2, 0.25) is 17.6 Å². The van der Waals surface area contributed by atoms with E-state index in [1.807, 2.05) is 35.1 Å². The quantitative estimate of drug-likeness (QED) is 0.670.